The van der Waals surface area contributed by atoms with E-state index in [9.17, 15) is 0 Å². The Morgan fingerprint density at radius 2 is 2.10 bits per heavy atom. The van der Waals surface area contributed by atoms with Crippen LogP contribution in [0.2, 0.25) is 0 Å². The molecule has 0 unspecified atom stereocenters. The number of hydrogen-bond donors (Lipinski definition) is 1. The molecule has 2 heterocycles. The second-order valence-electron chi connectivity index (χ2n) is 5.92. The summed E-state index contributed by atoms with van der Waals surface area (Å²) < 4.78 is 5.28. The molecule has 0 atom stereocenters. The molecule has 0 spiro atoms. The van der Waals surface area contributed by atoms with Crippen LogP contribution in [-0.2, 0) is 24.4 Å². The van der Waals surface area contributed by atoms with Gasteiger partial charge in [-0.15, -0.1) is 11.3 Å². The first-order valence-corrected chi connectivity index (χ1v) is 8.40. The van der Waals surface area contributed by atoms with Crippen LogP contribution in [0.1, 0.15) is 42.3 Å². The number of ether oxygens (including phenoxy) is 1. The highest BCUT2D eigenvalue weighted by molar-refractivity contribution is 7.11. The first kappa shape index (κ1) is 15.9. The van der Waals surface area contributed by atoms with E-state index in [2.05, 4.69) is 24.1 Å². The zero-order chi connectivity index (χ0) is 14.4. The Morgan fingerprint density at radius 3 is 2.75 bits per heavy atom. The van der Waals surface area contributed by atoms with Crippen LogP contribution in [0.3, 0.4) is 0 Å². The molecule has 4 nitrogen and oxygen atoms in total. The summed E-state index contributed by atoms with van der Waals surface area (Å²) in [4.78, 5) is 8.61. The number of likely N-dealkylation sites (tertiary alicyclic amines) is 1. The molecule has 5 heteroatoms. The van der Waals surface area contributed by atoms with Crippen LogP contribution < -0.4 is 5.32 Å². The number of rotatable bonds is 8. The quantitative estimate of drug-likeness (QED) is 0.800. The smallest absolute Gasteiger partial charge is 0.107 e. The molecule has 2 rings (SSSR count). The van der Waals surface area contributed by atoms with Crippen LogP contribution in [-0.4, -0.2) is 36.6 Å². The topological polar surface area (TPSA) is 37.4 Å². The maximum absolute atomic E-state index is 5.28. The van der Waals surface area contributed by atoms with Gasteiger partial charge in [0, 0.05) is 18.5 Å². The molecule has 0 aromatic carbocycles. The molecular weight excluding hydrogens is 270 g/mol. The summed E-state index contributed by atoms with van der Waals surface area (Å²) in [7, 11) is 1.74. The minimum absolute atomic E-state index is 0.620. The van der Waals surface area contributed by atoms with Gasteiger partial charge in [0.1, 0.15) is 5.01 Å². The van der Waals surface area contributed by atoms with Crippen molar-refractivity contribution in [3.05, 3.63) is 15.6 Å². The Kier molecular flexibility index (Phi) is 6.42. The van der Waals surface area contributed by atoms with Crippen molar-refractivity contribution in [2.75, 3.05) is 26.7 Å². The third-order valence-corrected chi connectivity index (χ3v) is 4.58. The minimum Gasteiger partial charge on any atom is -0.378 e. The second kappa shape index (κ2) is 8.08. The van der Waals surface area contributed by atoms with Crippen LogP contribution in [0.15, 0.2) is 0 Å². The van der Waals surface area contributed by atoms with Crippen molar-refractivity contribution in [1.29, 1.82) is 0 Å². The van der Waals surface area contributed by atoms with Crippen molar-refractivity contribution in [2.24, 2.45) is 5.92 Å². The third kappa shape index (κ3) is 4.81. The molecule has 1 fully saturated rings. The predicted octanol–water partition coefficient (Wildman–Crippen LogP) is 2.63. The average molecular weight is 297 g/mol. The lowest BCUT2D eigenvalue weighted by Gasteiger charge is -2.11. The van der Waals surface area contributed by atoms with Crippen molar-refractivity contribution in [3.8, 4) is 0 Å². The van der Waals surface area contributed by atoms with E-state index >= 15 is 0 Å². The van der Waals surface area contributed by atoms with Gasteiger partial charge in [-0.1, -0.05) is 13.8 Å². The highest BCUT2D eigenvalue weighted by atomic mass is 32.1. The third-order valence-electron chi connectivity index (χ3n) is 3.50. The van der Waals surface area contributed by atoms with Crippen molar-refractivity contribution in [3.63, 3.8) is 0 Å². The van der Waals surface area contributed by atoms with E-state index in [1.807, 2.05) is 11.3 Å². The van der Waals surface area contributed by atoms with Gasteiger partial charge in [0.05, 0.1) is 18.8 Å². The lowest BCUT2D eigenvalue weighted by Crippen LogP contribution is -2.19. The maximum atomic E-state index is 5.28. The number of nitrogens with one attached hydrogen (secondary N) is 1. The number of nitrogens with zero attached hydrogens (tertiary/aromatic N) is 2. The van der Waals surface area contributed by atoms with Crippen molar-refractivity contribution in [2.45, 2.75) is 46.4 Å². The van der Waals surface area contributed by atoms with Gasteiger partial charge in [-0.05, 0) is 38.4 Å². The van der Waals surface area contributed by atoms with Crippen LogP contribution in [0.25, 0.3) is 0 Å². The number of thiazole rings is 1. The first-order valence-electron chi connectivity index (χ1n) is 7.58. The van der Waals surface area contributed by atoms with E-state index in [1.54, 1.807) is 7.11 Å². The summed E-state index contributed by atoms with van der Waals surface area (Å²) >= 11 is 1.84. The number of hydrogen-bond acceptors (Lipinski definition) is 5. The summed E-state index contributed by atoms with van der Waals surface area (Å²) in [6.45, 7) is 10.5. The second-order valence-corrected chi connectivity index (χ2v) is 7.09. The van der Waals surface area contributed by atoms with Gasteiger partial charge < -0.3 is 10.1 Å². The van der Waals surface area contributed by atoms with E-state index in [-0.39, 0.29) is 0 Å². The van der Waals surface area contributed by atoms with Gasteiger partial charge in [0.2, 0.25) is 0 Å². The van der Waals surface area contributed by atoms with E-state index < -0.39 is 0 Å². The van der Waals surface area contributed by atoms with Crippen LogP contribution in [0.5, 0.6) is 0 Å². The van der Waals surface area contributed by atoms with Crippen LogP contribution in [0.4, 0.5) is 0 Å². The van der Waals surface area contributed by atoms with Gasteiger partial charge in [-0.2, -0.15) is 0 Å². The zero-order valence-electron chi connectivity index (χ0n) is 12.9. The largest absolute Gasteiger partial charge is 0.378 e. The summed E-state index contributed by atoms with van der Waals surface area (Å²) in [6.07, 6.45) is 2.66. The molecule has 1 aliphatic rings. The monoisotopic (exact) mass is 297 g/mol. The Bertz CT molecular complexity index is 400. The van der Waals surface area contributed by atoms with Gasteiger partial charge in [0.25, 0.3) is 0 Å². The summed E-state index contributed by atoms with van der Waals surface area (Å²) in [5.74, 6) is 0.679. The van der Waals surface area contributed by atoms with Gasteiger partial charge in [-0.25, -0.2) is 4.98 Å². The number of aromatic nitrogens is 1. The SMILES string of the molecule is COCc1nc(CN2CCCC2)sc1CNCC(C)C. The van der Waals surface area contributed by atoms with Crippen molar-refractivity contribution in [1.82, 2.24) is 15.2 Å². The fourth-order valence-corrected chi connectivity index (χ4v) is 3.58. The lowest BCUT2D eigenvalue weighted by atomic mass is 10.2. The Morgan fingerprint density at radius 1 is 1.35 bits per heavy atom. The van der Waals surface area contributed by atoms with E-state index in [1.165, 1.54) is 35.8 Å². The molecule has 0 radical (unpaired) electrons. The summed E-state index contributed by atoms with van der Waals surface area (Å²) in [5.41, 5.74) is 1.11. The van der Waals surface area contributed by atoms with Gasteiger partial charge in [0.15, 0.2) is 0 Å². The minimum atomic E-state index is 0.620. The molecule has 1 aromatic heterocycles. The Labute approximate surface area is 126 Å². The zero-order valence-corrected chi connectivity index (χ0v) is 13.8. The average Bonchev–Trinajstić information content (AvgIpc) is 3.01. The molecule has 0 amide bonds. The van der Waals surface area contributed by atoms with Crippen LogP contribution >= 0.6 is 11.3 Å². The summed E-state index contributed by atoms with van der Waals surface area (Å²) in [5, 5.41) is 4.74. The first-order chi connectivity index (χ1) is 9.69. The molecule has 1 saturated heterocycles. The normalized spacial score (nSPS) is 16.4. The lowest BCUT2D eigenvalue weighted by molar-refractivity contribution is 0.181. The summed E-state index contributed by atoms with van der Waals surface area (Å²) in [6, 6.07) is 0. The molecule has 0 bridgehead atoms. The predicted molar refractivity (Wildman–Crippen MR) is 83.9 cm³/mol. The molecule has 0 saturated carbocycles. The maximum Gasteiger partial charge on any atom is 0.107 e. The highest BCUT2D eigenvalue weighted by Gasteiger charge is 2.16. The molecule has 114 valence electrons. The van der Waals surface area contributed by atoms with Gasteiger partial charge >= 0.3 is 0 Å². The molecular formula is C15H27N3OS. The fraction of sp³-hybridized carbons (Fsp3) is 0.800. The highest BCUT2D eigenvalue weighted by Crippen LogP contribution is 2.22. The van der Waals surface area contributed by atoms with E-state index in [0.717, 1.165) is 25.3 Å². The van der Waals surface area contributed by atoms with E-state index in [0.29, 0.717) is 12.5 Å². The Balaban J connectivity index is 1.94. The molecule has 1 aromatic rings. The van der Waals surface area contributed by atoms with Gasteiger partial charge in [-0.3, -0.25) is 4.90 Å². The van der Waals surface area contributed by atoms with Crippen LogP contribution in [0, 0.1) is 5.92 Å². The molecule has 0 aliphatic carbocycles. The fourth-order valence-electron chi connectivity index (χ4n) is 2.50. The van der Waals surface area contributed by atoms with Crippen molar-refractivity contribution >= 4 is 11.3 Å². The Hall–Kier alpha value is -0.490. The molecule has 20 heavy (non-hydrogen) atoms. The van der Waals surface area contributed by atoms with E-state index in [4.69, 9.17) is 9.72 Å². The number of methoxy groups -OCH3 is 1. The van der Waals surface area contributed by atoms with Crippen molar-refractivity contribution < 1.29 is 4.74 Å². The molecule has 1 aliphatic heterocycles. The standard InChI is InChI=1S/C15H27N3OS/c1-12(2)8-16-9-14-13(11-19-3)17-15(20-14)10-18-6-4-5-7-18/h12,16H,4-11H2,1-3H3. The molecule has 1 N–H and O–H groups in total.